The van der Waals surface area contributed by atoms with E-state index in [-0.39, 0.29) is 19.4 Å². The molecule has 4 nitrogen and oxygen atoms in total. The topological polar surface area (TPSA) is 45.6 Å². The summed E-state index contributed by atoms with van der Waals surface area (Å²) in [6, 6.07) is 0. The van der Waals surface area contributed by atoms with E-state index in [9.17, 15) is 18.3 Å². The lowest BCUT2D eigenvalue weighted by Gasteiger charge is -2.32. The average molecular weight is 310 g/mol. The Morgan fingerprint density at radius 2 is 2.05 bits per heavy atom. The van der Waals surface area contributed by atoms with Crippen LogP contribution in [-0.4, -0.2) is 36.5 Å². The van der Waals surface area contributed by atoms with Gasteiger partial charge in [0.15, 0.2) is 5.13 Å². The van der Waals surface area contributed by atoms with Crippen LogP contribution in [0.2, 0.25) is 0 Å². The highest BCUT2D eigenvalue weighted by Crippen LogP contribution is 2.36. The van der Waals surface area contributed by atoms with Gasteiger partial charge in [-0.1, -0.05) is 11.3 Å². The smallest absolute Gasteiger partial charge is 0.391 e. The van der Waals surface area contributed by atoms with E-state index in [1.54, 1.807) is 0 Å². The molecule has 20 heavy (non-hydrogen) atoms. The molecule has 0 bridgehead atoms. The Morgan fingerprint density at radius 3 is 2.55 bits per heavy atom. The molecule has 0 aromatic carbocycles. The number of anilines is 1. The number of aliphatic hydroxyl groups excluding tert-OH is 1. The number of aliphatic hydroxyl groups is 1. The maximum Gasteiger partial charge on any atom is 0.391 e. The fraction of sp³-hybridized carbons (Fsp3) is 0.750. The number of methoxy groups -OCH3 is 1. The minimum absolute atomic E-state index is 0.0944. The van der Waals surface area contributed by atoms with Crippen LogP contribution in [0, 0.1) is 5.92 Å². The van der Waals surface area contributed by atoms with Gasteiger partial charge in [0.05, 0.1) is 29.7 Å². The molecular formula is C12H17F3N2O2S. The molecule has 1 fully saturated rings. The van der Waals surface area contributed by atoms with Gasteiger partial charge in [-0.2, -0.15) is 13.2 Å². The first-order valence-electron chi connectivity index (χ1n) is 6.35. The van der Waals surface area contributed by atoms with E-state index in [0.717, 1.165) is 0 Å². The second-order valence-corrected chi connectivity index (χ2v) is 5.82. The quantitative estimate of drug-likeness (QED) is 0.928. The Kier molecular flexibility index (Phi) is 4.87. The number of halogens is 3. The van der Waals surface area contributed by atoms with E-state index in [1.165, 1.54) is 18.4 Å². The van der Waals surface area contributed by atoms with Crippen LogP contribution in [0.5, 0.6) is 0 Å². The summed E-state index contributed by atoms with van der Waals surface area (Å²) in [4.78, 5) is 6.92. The number of nitrogens with zero attached hydrogens (tertiary/aromatic N) is 2. The van der Waals surface area contributed by atoms with Crippen LogP contribution < -0.4 is 4.90 Å². The number of thiazole rings is 1. The van der Waals surface area contributed by atoms with Crippen LogP contribution >= 0.6 is 11.3 Å². The molecule has 2 heterocycles. The molecule has 1 aliphatic heterocycles. The van der Waals surface area contributed by atoms with Crippen LogP contribution in [-0.2, 0) is 18.0 Å². The fourth-order valence-corrected chi connectivity index (χ4v) is 3.25. The minimum Gasteiger partial charge on any atom is -0.391 e. The molecule has 0 amide bonds. The highest BCUT2D eigenvalue weighted by molar-refractivity contribution is 7.15. The summed E-state index contributed by atoms with van der Waals surface area (Å²) in [6.07, 6.45) is -3.92. The van der Waals surface area contributed by atoms with Crippen molar-refractivity contribution in [1.82, 2.24) is 4.98 Å². The number of piperidine rings is 1. The maximum atomic E-state index is 12.6. The predicted octanol–water partition coefficient (Wildman–Crippen LogP) is 2.56. The summed E-state index contributed by atoms with van der Waals surface area (Å²) in [5, 5.41) is 9.92. The van der Waals surface area contributed by atoms with Gasteiger partial charge in [0.1, 0.15) is 0 Å². The molecule has 2 rings (SSSR count). The van der Waals surface area contributed by atoms with Gasteiger partial charge in [0, 0.05) is 20.2 Å². The van der Waals surface area contributed by atoms with Gasteiger partial charge >= 0.3 is 6.18 Å². The highest BCUT2D eigenvalue weighted by Gasteiger charge is 2.41. The maximum absolute atomic E-state index is 12.6. The van der Waals surface area contributed by atoms with Gasteiger partial charge in [-0.05, 0) is 12.8 Å². The van der Waals surface area contributed by atoms with Crippen molar-refractivity contribution >= 4 is 16.5 Å². The average Bonchev–Trinajstić information content (AvgIpc) is 2.81. The van der Waals surface area contributed by atoms with Crippen LogP contribution in [0.4, 0.5) is 18.3 Å². The van der Waals surface area contributed by atoms with Crippen molar-refractivity contribution in [2.24, 2.45) is 5.92 Å². The highest BCUT2D eigenvalue weighted by atomic mass is 32.1. The van der Waals surface area contributed by atoms with Crippen molar-refractivity contribution in [2.45, 2.75) is 32.2 Å². The Hall–Kier alpha value is -0.860. The molecule has 0 radical (unpaired) electrons. The molecule has 1 aromatic rings. The van der Waals surface area contributed by atoms with Crippen molar-refractivity contribution in [1.29, 1.82) is 0 Å². The predicted molar refractivity (Wildman–Crippen MR) is 69.7 cm³/mol. The van der Waals surface area contributed by atoms with E-state index in [4.69, 9.17) is 4.74 Å². The van der Waals surface area contributed by atoms with Gasteiger partial charge in [-0.25, -0.2) is 4.98 Å². The number of aromatic nitrogens is 1. The summed E-state index contributed by atoms with van der Waals surface area (Å²) in [7, 11) is 1.54. The first-order chi connectivity index (χ1) is 9.45. The zero-order chi connectivity index (χ0) is 14.8. The first-order valence-corrected chi connectivity index (χ1v) is 7.17. The molecule has 0 saturated carbocycles. The second-order valence-electron chi connectivity index (χ2n) is 4.76. The minimum atomic E-state index is -4.10. The van der Waals surface area contributed by atoms with E-state index in [0.29, 0.717) is 35.4 Å². The van der Waals surface area contributed by atoms with Crippen molar-refractivity contribution in [3.8, 4) is 0 Å². The van der Waals surface area contributed by atoms with Crippen LogP contribution in [0.15, 0.2) is 0 Å². The summed E-state index contributed by atoms with van der Waals surface area (Å²) in [6.45, 7) is 0.852. The molecule has 114 valence electrons. The third-order valence-corrected chi connectivity index (χ3v) is 4.56. The third kappa shape index (κ3) is 3.42. The van der Waals surface area contributed by atoms with Gasteiger partial charge in [0.2, 0.25) is 0 Å². The van der Waals surface area contributed by atoms with E-state index in [1.807, 2.05) is 4.90 Å². The lowest BCUT2D eigenvalue weighted by atomic mass is 9.97. The normalized spacial score (nSPS) is 17.8. The van der Waals surface area contributed by atoms with Gasteiger partial charge in [-0.15, -0.1) is 0 Å². The largest absolute Gasteiger partial charge is 0.391 e. The lowest BCUT2D eigenvalue weighted by molar-refractivity contribution is -0.179. The second kappa shape index (κ2) is 6.28. The molecule has 0 atom stereocenters. The van der Waals surface area contributed by atoms with E-state index >= 15 is 0 Å². The van der Waals surface area contributed by atoms with Gasteiger partial charge < -0.3 is 14.7 Å². The van der Waals surface area contributed by atoms with Gasteiger partial charge in [-0.3, -0.25) is 0 Å². The summed E-state index contributed by atoms with van der Waals surface area (Å²) in [5.74, 6) is -1.21. The number of rotatable bonds is 4. The van der Waals surface area contributed by atoms with E-state index in [2.05, 4.69) is 4.98 Å². The Labute approximate surface area is 119 Å². The molecule has 1 saturated heterocycles. The number of alkyl halides is 3. The fourth-order valence-electron chi connectivity index (χ4n) is 2.28. The first kappa shape index (κ1) is 15.5. The van der Waals surface area contributed by atoms with Crippen molar-refractivity contribution in [3.63, 3.8) is 0 Å². The molecule has 0 spiro atoms. The Bertz CT molecular complexity index is 442. The summed E-state index contributed by atoms with van der Waals surface area (Å²) < 4.78 is 42.8. The molecule has 1 N–H and O–H groups in total. The monoisotopic (exact) mass is 310 g/mol. The molecule has 1 aromatic heterocycles. The molecule has 0 unspecified atom stereocenters. The Balaban J connectivity index is 2.03. The van der Waals surface area contributed by atoms with Crippen molar-refractivity contribution < 1.29 is 23.0 Å². The Morgan fingerprint density at radius 1 is 1.40 bits per heavy atom. The number of hydrogen-bond donors (Lipinski definition) is 1. The van der Waals surface area contributed by atoms with Crippen LogP contribution in [0.25, 0.3) is 0 Å². The standard InChI is InChI=1S/C12H17F3N2O2S/c1-19-7-9-10(6-18)20-11(16-9)17-4-2-8(3-5-17)12(13,14)15/h8,18H,2-7H2,1H3. The lowest BCUT2D eigenvalue weighted by Crippen LogP contribution is -2.38. The SMILES string of the molecule is COCc1nc(N2CCC(C(F)(F)F)CC2)sc1CO. The van der Waals surface area contributed by atoms with Gasteiger partial charge in [0.25, 0.3) is 0 Å². The zero-order valence-electron chi connectivity index (χ0n) is 11.1. The third-order valence-electron chi connectivity index (χ3n) is 3.42. The zero-order valence-corrected chi connectivity index (χ0v) is 11.9. The summed E-state index contributed by atoms with van der Waals surface area (Å²) >= 11 is 1.32. The van der Waals surface area contributed by atoms with Crippen molar-refractivity contribution in [3.05, 3.63) is 10.6 Å². The van der Waals surface area contributed by atoms with E-state index < -0.39 is 12.1 Å². The summed E-state index contributed by atoms with van der Waals surface area (Å²) in [5.41, 5.74) is 0.660. The van der Waals surface area contributed by atoms with Crippen LogP contribution in [0.3, 0.4) is 0 Å². The molecule has 8 heteroatoms. The molecule has 0 aliphatic carbocycles. The number of ether oxygens (including phenoxy) is 1. The van der Waals surface area contributed by atoms with Crippen LogP contribution in [0.1, 0.15) is 23.4 Å². The molecule has 1 aliphatic rings. The molecular weight excluding hydrogens is 293 g/mol. The number of hydrogen-bond acceptors (Lipinski definition) is 5. The van der Waals surface area contributed by atoms with Crippen molar-refractivity contribution in [2.75, 3.05) is 25.1 Å².